The third-order valence-corrected chi connectivity index (χ3v) is 6.08. The number of para-hydroxylation sites is 1. The quantitative estimate of drug-likeness (QED) is 0.233. The number of anilines is 4. The molecule has 0 radical (unpaired) electrons. The highest BCUT2D eigenvalue weighted by Crippen LogP contribution is 2.20. The molecule has 0 spiro atoms. The average Bonchev–Trinajstić information content (AvgIpc) is 3.36. The monoisotopic (exact) mass is 447 g/mol. The van der Waals surface area contributed by atoms with E-state index >= 15 is 0 Å². The van der Waals surface area contributed by atoms with Gasteiger partial charge in [0, 0.05) is 21.5 Å². The number of benzene rings is 1. The predicted molar refractivity (Wildman–Crippen MR) is 132 cm³/mol. The lowest BCUT2D eigenvalue weighted by Crippen LogP contribution is -2.04. The van der Waals surface area contributed by atoms with Gasteiger partial charge in [0.15, 0.2) is 5.82 Å². The van der Waals surface area contributed by atoms with Crippen LogP contribution in [0.1, 0.15) is 20.9 Å². The molecular formula is C22H21N7S2. The van der Waals surface area contributed by atoms with Crippen LogP contribution in [0.15, 0.2) is 69.5 Å². The van der Waals surface area contributed by atoms with Crippen molar-refractivity contribution in [2.24, 2.45) is 10.2 Å². The minimum atomic E-state index is 0.357. The molecule has 0 atom stereocenters. The second-order valence-electron chi connectivity index (χ2n) is 6.69. The molecule has 9 heteroatoms. The molecular weight excluding hydrogens is 426 g/mol. The third-order valence-electron chi connectivity index (χ3n) is 4.14. The summed E-state index contributed by atoms with van der Waals surface area (Å²) in [6.45, 7) is 4.11. The molecule has 0 bridgehead atoms. The van der Waals surface area contributed by atoms with Crippen molar-refractivity contribution in [3.05, 3.63) is 80.2 Å². The van der Waals surface area contributed by atoms with Gasteiger partial charge >= 0.3 is 0 Å². The maximum Gasteiger partial charge on any atom is 0.247 e. The maximum atomic E-state index is 4.50. The number of nitrogens with one attached hydrogen (secondary N) is 3. The molecule has 0 amide bonds. The van der Waals surface area contributed by atoms with Crippen molar-refractivity contribution in [3.8, 4) is 0 Å². The van der Waals surface area contributed by atoms with Gasteiger partial charge in [0.1, 0.15) is 5.82 Å². The van der Waals surface area contributed by atoms with Gasteiger partial charge in [0.25, 0.3) is 0 Å². The SMILES string of the molecule is Cc1csc(C=NNc2nc(NN=Cc3sccc3C)cc(Nc3ccccc3)n2)c1. The Morgan fingerprint density at radius 3 is 2.42 bits per heavy atom. The maximum absolute atomic E-state index is 4.50. The average molecular weight is 448 g/mol. The highest BCUT2D eigenvalue weighted by molar-refractivity contribution is 7.12. The summed E-state index contributed by atoms with van der Waals surface area (Å²) in [7, 11) is 0. The molecule has 7 nitrogen and oxygen atoms in total. The normalized spacial score (nSPS) is 11.3. The van der Waals surface area contributed by atoms with Crippen LogP contribution in [0.2, 0.25) is 0 Å². The summed E-state index contributed by atoms with van der Waals surface area (Å²) < 4.78 is 0. The minimum Gasteiger partial charge on any atom is -0.340 e. The highest BCUT2D eigenvalue weighted by atomic mass is 32.1. The smallest absolute Gasteiger partial charge is 0.247 e. The standard InChI is InChI=1S/C22H21N7S2/c1-15-10-18(31-14-15)12-23-29-22-26-20(25-17-6-4-3-5-7-17)11-21(27-22)28-24-13-19-16(2)8-9-30-19/h3-14H,1-2H3,(H3,25,26,27,28,29). The Morgan fingerprint density at radius 1 is 0.871 bits per heavy atom. The molecule has 0 aliphatic heterocycles. The Kier molecular flexibility index (Phi) is 6.65. The highest BCUT2D eigenvalue weighted by Gasteiger charge is 2.05. The molecule has 156 valence electrons. The van der Waals surface area contributed by atoms with E-state index in [1.165, 1.54) is 11.1 Å². The van der Waals surface area contributed by atoms with Crippen LogP contribution in [0.5, 0.6) is 0 Å². The number of hydrogen-bond acceptors (Lipinski definition) is 9. The van der Waals surface area contributed by atoms with Crippen LogP contribution in [0.3, 0.4) is 0 Å². The Hall–Kier alpha value is -3.56. The summed E-state index contributed by atoms with van der Waals surface area (Å²) in [5.74, 6) is 1.52. The lowest BCUT2D eigenvalue weighted by Gasteiger charge is -2.09. The lowest BCUT2D eigenvalue weighted by molar-refractivity contribution is 1.10. The van der Waals surface area contributed by atoms with E-state index in [-0.39, 0.29) is 0 Å². The van der Waals surface area contributed by atoms with Crippen LogP contribution in [0.4, 0.5) is 23.3 Å². The van der Waals surface area contributed by atoms with Crippen molar-refractivity contribution in [1.82, 2.24) is 9.97 Å². The molecule has 31 heavy (non-hydrogen) atoms. The van der Waals surface area contributed by atoms with E-state index in [0.29, 0.717) is 17.6 Å². The largest absolute Gasteiger partial charge is 0.340 e. The van der Waals surface area contributed by atoms with Gasteiger partial charge in [-0.05, 0) is 60.0 Å². The summed E-state index contributed by atoms with van der Waals surface area (Å²) in [6.07, 6.45) is 3.54. The van der Waals surface area contributed by atoms with Crippen molar-refractivity contribution in [2.75, 3.05) is 16.2 Å². The molecule has 3 heterocycles. The first-order chi connectivity index (χ1) is 15.2. The van der Waals surface area contributed by atoms with Crippen molar-refractivity contribution in [3.63, 3.8) is 0 Å². The van der Waals surface area contributed by atoms with Gasteiger partial charge in [0.2, 0.25) is 5.95 Å². The zero-order chi connectivity index (χ0) is 21.5. The van der Waals surface area contributed by atoms with E-state index in [1.54, 1.807) is 41.2 Å². The summed E-state index contributed by atoms with van der Waals surface area (Å²) in [6, 6.07) is 15.8. The van der Waals surface area contributed by atoms with Gasteiger partial charge in [0.05, 0.1) is 12.4 Å². The summed E-state index contributed by atoms with van der Waals surface area (Å²) in [5.41, 5.74) is 9.21. The van der Waals surface area contributed by atoms with Crippen LogP contribution in [0, 0.1) is 13.8 Å². The second kappa shape index (κ2) is 9.96. The molecule has 0 saturated heterocycles. The Balaban J connectivity index is 1.53. The number of aromatic nitrogens is 2. The number of nitrogens with zero attached hydrogens (tertiary/aromatic N) is 4. The Morgan fingerprint density at radius 2 is 1.68 bits per heavy atom. The van der Waals surface area contributed by atoms with Gasteiger partial charge in [-0.1, -0.05) is 18.2 Å². The van der Waals surface area contributed by atoms with Crippen molar-refractivity contribution < 1.29 is 0 Å². The molecule has 1 aromatic carbocycles. The molecule has 0 saturated carbocycles. The first kappa shape index (κ1) is 20.7. The first-order valence-corrected chi connectivity index (χ1v) is 11.3. The van der Waals surface area contributed by atoms with Gasteiger partial charge in [-0.2, -0.15) is 20.2 Å². The first-order valence-electron chi connectivity index (χ1n) is 9.54. The zero-order valence-corrected chi connectivity index (χ0v) is 18.7. The molecule has 0 fully saturated rings. The van der Waals surface area contributed by atoms with E-state index in [9.17, 15) is 0 Å². The fourth-order valence-corrected chi connectivity index (χ4v) is 4.18. The Labute approximate surface area is 188 Å². The number of rotatable bonds is 8. The molecule has 0 unspecified atom stereocenters. The van der Waals surface area contributed by atoms with Gasteiger partial charge < -0.3 is 5.32 Å². The van der Waals surface area contributed by atoms with Crippen molar-refractivity contribution >= 4 is 58.4 Å². The molecule has 0 aliphatic carbocycles. The number of aryl methyl sites for hydroxylation is 2. The topological polar surface area (TPSA) is 86.6 Å². The van der Waals surface area contributed by atoms with E-state index in [1.807, 2.05) is 35.7 Å². The zero-order valence-electron chi connectivity index (χ0n) is 17.0. The summed E-state index contributed by atoms with van der Waals surface area (Å²) in [4.78, 5) is 11.1. The van der Waals surface area contributed by atoms with E-state index in [2.05, 4.69) is 67.7 Å². The van der Waals surface area contributed by atoms with Crippen molar-refractivity contribution in [1.29, 1.82) is 0 Å². The van der Waals surface area contributed by atoms with Crippen LogP contribution >= 0.6 is 22.7 Å². The van der Waals surface area contributed by atoms with Crippen LogP contribution in [-0.4, -0.2) is 22.4 Å². The third kappa shape index (κ3) is 5.97. The fourth-order valence-electron chi connectivity index (χ4n) is 2.64. The molecule has 3 N–H and O–H groups in total. The van der Waals surface area contributed by atoms with Gasteiger partial charge in [-0.3, -0.25) is 5.43 Å². The van der Waals surface area contributed by atoms with Gasteiger partial charge in [-0.25, -0.2) is 5.43 Å². The molecule has 4 rings (SSSR count). The molecule has 0 aliphatic rings. The predicted octanol–water partition coefficient (Wildman–Crippen LogP) is 5.85. The minimum absolute atomic E-state index is 0.357. The van der Waals surface area contributed by atoms with Crippen LogP contribution < -0.4 is 16.2 Å². The fraction of sp³-hybridized carbons (Fsp3) is 0.0909. The van der Waals surface area contributed by atoms with Gasteiger partial charge in [-0.15, -0.1) is 22.7 Å². The number of hydrazone groups is 2. The molecule has 3 aromatic heterocycles. The van der Waals surface area contributed by atoms with Crippen LogP contribution in [0.25, 0.3) is 0 Å². The lowest BCUT2D eigenvalue weighted by atomic mass is 10.3. The molecule has 4 aromatic rings. The Bertz CT molecular complexity index is 1200. The van der Waals surface area contributed by atoms with Crippen molar-refractivity contribution in [2.45, 2.75) is 13.8 Å². The number of hydrogen-bond donors (Lipinski definition) is 3. The second-order valence-corrected chi connectivity index (χ2v) is 8.58. The number of thiophene rings is 2. The summed E-state index contributed by atoms with van der Waals surface area (Å²) >= 11 is 3.27. The van der Waals surface area contributed by atoms with E-state index in [0.717, 1.165) is 15.4 Å². The van der Waals surface area contributed by atoms with E-state index < -0.39 is 0 Å². The van der Waals surface area contributed by atoms with Crippen LogP contribution in [-0.2, 0) is 0 Å². The summed E-state index contributed by atoms with van der Waals surface area (Å²) in [5, 5.41) is 16.0. The van der Waals surface area contributed by atoms with E-state index in [4.69, 9.17) is 0 Å².